The van der Waals surface area contributed by atoms with Crippen molar-refractivity contribution in [3.8, 4) is 0 Å². The predicted molar refractivity (Wildman–Crippen MR) is 86.1 cm³/mol. The van der Waals surface area contributed by atoms with Crippen molar-refractivity contribution in [2.24, 2.45) is 0 Å². The average Bonchev–Trinajstić information content (AvgIpc) is 2.69. The van der Waals surface area contributed by atoms with Gasteiger partial charge < -0.3 is 5.32 Å². The van der Waals surface area contributed by atoms with Crippen molar-refractivity contribution in [2.45, 2.75) is 38.1 Å². The Labute approximate surface area is 135 Å². The van der Waals surface area contributed by atoms with Gasteiger partial charge in [-0.3, -0.25) is 9.10 Å². The Morgan fingerprint density at radius 1 is 1.26 bits per heavy atom. The second kappa shape index (κ2) is 5.99. The van der Waals surface area contributed by atoms with Crippen molar-refractivity contribution < 1.29 is 17.6 Å². The second-order valence-corrected chi connectivity index (χ2v) is 7.90. The molecular weight excluding hydrogens is 321 g/mol. The van der Waals surface area contributed by atoms with Gasteiger partial charge in [0.1, 0.15) is 12.4 Å². The lowest BCUT2D eigenvalue weighted by atomic mass is 9.95. The lowest BCUT2D eigenvalue weighted by Gasteiger charge is -2.24. The third-order valence-electron chi connectivity index (χ3n) is 4.43. The van der Waals surface area contributed by atoms with Gasteiger partial charge in [-0.15, -0.1) is 0 Å². The number of nitrogens with one attached hydrogen (secondary N) is 1. The van der Waals surface area contributed by atoms with Crippen LogP contribution in [0, 0.1) is 5.82 Å². The number of benzene rings is 1. The standard InChI is InChI=1S/C15H20FN3O3S/c1-18-13-8-7-11(16)9-14(13)19(23(18,21)22)10-15(20)17-12-5-3-2-4-6-12/h7-9,12H,2-6,10H2,1H3,(H,17,20). The van der Waals surface area contributed by atoms with Crippen LogP contribution in [0.15, 0.2) is 18.2 Å². The van der Waals surface area contributed by atoms with Crippen molar-refractivity contribution in [3.63, 3.8) is 0 Å². The van der Waals surface area contributed by atoms with Gasteiger partial charge in [0, 0.05) is 19.2 Å². The summed E-state index contributed by atoms with van der Waals surface area (Å²) in [6.07, 6.45) is 5.16. The first kappa shape index (κ1) is 16.0. The SMILES string of the molecule is CN1c2ccc(F)cc2N(CC(=O)NC2CCCCC2)S1(=O)=O. The summed E-state index contributed by atoms with van der Waals surface area (Å²) in [6, 6.07) is 3.85. The highest BCUT2D eigenvalue weighted by Gasteiger charge is 2.39. The first-order chi connectivity index (χ1) is 10.9. The molecule has 1 N–H and O–H groups in total. The summed E-state index contributed by atoms with van der Waals surface area (Å²) in [5.74, 6) is -0.891. The monoisotopic (exact) mass is 341 g/mol. The topological polar surface area (TPSA) is 69.7 Å². The van der Waals surface area contributed by atoms with E-state index in [1.165, 1.54) is 25.6 Å². The van der Waals surface area contributed by atoms with Gasteiger partial charge in [0.2, 0.25) is 5.91 Å². The minimum atomic E-state index is -3.84. The van der Waals surface area contributed by atoms with Crippen LogP contribution in [0.4, 0.5) is 15.8 Å². The first-order valence-corrected chi connectivity index (χ1v) is 9.15. The Balaban J connectivity index is 1.79. The largest absolute Gasteiger partial charge is 0.352 e. The number of nitrogens with zero attached hydrogens (tertiary/aromatic N) is 2. The Hall–Kier alpha value is -1.83. The molecule has 3 rings (SSSR count). The summed E-state index contributed by atoms with van der Waals surface area (Å²) in [5.41, 5.74) is 0.572. The van der Waals surface area contributed by atoms with Crippen LogP contribution >= 0.6 is 0 Å². The fourth-order valence-electron chi connectivity index (χ4n) is 3.18. The summed E-state index contributed by atoms with van der Waals surface area (Å²) in [4.78, 5) is 12.2. The van der Waals surface area contributed by atoms with Crippen LogP contribution < -0.4 is 13.9 Å². The molecule has 0 spiro atoms. The minimum Gasteiger partial charge on any atom is -0.352 e. The zero-order chi connectivity index (χ0) is 16.6. The third kappa shape index (κ3) is 2.99. The van der Waals surface area contributed by atoms with Crippen molar-refractivity contribution in [1.29, 1.82) is 0 Å². The quantitative estimate of drug-likeness (QED) is 0.911. The van der Waals surface area contributed by atoms with Crippen LogP contribution in [0.1, 0.15) is 32.1 Å². The van der Waals surface area contributed by atoms with Gasteiger partial charge in [0.15, 0.2) is 0 Å². The molecule has 1 aliphatic carbocycles. The molecule has 0 unspecified atom stereocenters. The van der Waals surface area contributed by atoms with E-state index in [1.54, 1.807) is 0 Å². The van der Waals surface area contributed by atoms with E-state index in [2.05, 4.69) is 5.32 Å². The molecular formula is C15H20FN3O3S. The van der Waals surface area contributed by atoms with Gasteiger partial charge >= 0.3 is 10.2 Å². The third-order valence-corrected chi connectivity index (χ3v) is 6.20. The minimum absolute atomic E-state index is 0.103. The zero-order valence-electron chi connectivity index (χ0n) is 13.0. The van der Waals surface area contributed by atoms with Crippen LogP contribution in [0.25, 0.3) is 0 Å². The van der Waals surface area contributed by atoms with E-state index in [9.17, 15) is 17.6 Å². The average molecular weight is 341 g/mol. The summed E-state index contributed by atoms with van der Waals surface area (Å²) in [6.45, 7) is -0.334. The van der Waals surface area contributed by atoms with Gasteiger partial charge in [0.25, 0.3) is 0 Å². The highest BCUT2D eigenvalue weighted by Crippen LogP contribution is 2.39. The molecule has 23 heavy (non-hydrogen) atoms. The van der Waals surface area contributed by atoms with Gasteiger partial charge in [-0.2, -0.15) is 8.42 Å². The maximum Gasteiger partial charge on any atom is 0.326 e. The molecule has 0 aromatic heterocycles. The predicted octanol–water partition coefficient (Wildman–Crippen LogP) is 1.78. The van der Waals surface area contributed by atoms with Crippen LogP contribution in [-0.2, 0) is 15.0 Å². The number of halogens is 1. The molecule has 1 heterocycles. The smallest absolute Gasteiger partial charge is 0.326 e. The molecule has 0 saturated heterocycles. The van der Waals surface area contributed by atoms with Crippen LogP contribution in [0.5, 0.6) is 0 Å². The molecule has 1 aromatic rings. The van der Waals surface area contributed by atoms with E-state index in [-0.39, 0.29) is 24.2 Å². The zero-order valence-corrected chi connectivity index (χ0v) is 13.8. The van der Waals surface area contributed by atoms with Gasteiger partial charge in [-0.05, 0) is 25.0 Å². The lowest BCUT2D eigenvalue weighted by molar-refractivity contribution is -0.120. The van der Waals surface area contributed by atoms with Crippen LogP contribution in [0.3, 0.4) is 0 Å². The maximum absolute atomic E-state index is 13.5. The number of anilines is 2. The molecule has 0 bridgehead atoms. The van der Waals surface area contributed by atoms with Gasteiger partial charge in [-0.1, -0.05) is 19.3 Å². The number of fused-ring (bicyclic) bond motifs is 1. The number of carbonyl (C=O) groups is 1. The van der Waals surface area contributed by atoms with E-state index >= 15 is 0 Å². The molecule has 1 aliphatic heterocycles. The number of hydrogen-bond acceptors (Lipinski definition) is 3. The molecule has 126 valence electrons. The molecule has 0 atom stereocenters. The van der Waals surface area contributed by atoms with Crippen LogP contribution in [-0.4, -0.2) is 34.0 Å². The van der Waals surface area contributed by atoms with Gasteiger partial charge in [-0.25, -0.2) is 8.70 Å². The van der Waals surface area contributed by atoms with Crippen molar-refractivity contribution in [2.75, 3.05) is 22.2 Å². The number of rotatable bonds is 3. The lowest BCUT2D eigenvalue weighted by Crippen LogP contribution is -2.45. The van der Waals surface area contributed by atoms with Crippen molar-refractivity contribution in [3.05, 3.63) is 24.0 Å². The van der Waals surface area contributed by atoms with E-state index in [4.69, 9.17) is 0 Å². The highest BCUT2D eigenvalue weighted by molar-refractivity contribution is 7.94. The fraction of sp³-hybridized carbons (Fsp3) is 0.533. The Bertz CT molecular complexity index is 717. The molecule has 1 saturated carbocycles. The van der Waals surface area contributed by atoms with Gasteiger partial charge in [0.05, 0.1) is 11.4 Å². The first-order valence-electron chi connectivity index (χ1n) is 7.75. The van der Waals surface area contributed by atoms with E-state index in [0.29, 0.717) is 5.69 Å². The number of amides is 1. The number of carbonyl (C=O) groups excluding carboxylic acids is 1. The second-order valence-electron chi connectivity index (χ2n) is 6.02. The Morgan fingerprint density at radius 2 is 1.96 bits per heavy atom. The molecule has 2 aliphatic rings. The molecule has 1 amide bonds. The summed E-state index contributed by atoms with van der Waals surface area (Å²) < 4.78 is 40.4. The molecule has 1 fully saturated rings. The molecule has 1 aromatic carbocycles. The normalized spacial score (nSPS) is 20.4. The molecule has 0 radical (unpaired) electrons. The van der Waals surface area contributed by atoms with Crippen molar-refractivity contribution >= 4 is 27.5 Å². The van der Waals surface area contributed by atoms with Crippen molar-refractivity contribution in [1.82, 2.24) is 5.32 Å². The van der Waals surface area contributed by atoms with E-state index in [1.807, 2.05) is 0 Å². The molecule has 6 nitrogen and oxygen atoms in total. The molecule has 8 heteroatoms. The fourth-order valence-corrected chi connectivity index (χ4v) is 4.55. The maximum atomic E-state index is 13.5. The summed E-state index contributed by atoms with van der Waals surface area (Å²) in [7, 11) is -2.44. The van der Waals surface area contributed by atoms with E-state index in [0.717, 1.165) is 40.4 Å². The summed E-state index contributed by atoms with van der Waals surface area (Å²) >= 11 is 0. The summed E-state index contributed by atoms with van der Waals surface area (Å²) in [5, 5.41) is 2.89. The highest BCUT2D eigenvalue weighted by atomic mass is 32.2. The number of hydrogen-bond donors (Lipinski definition) is 1. The van der Waals surface area contributed by atoms with Crippen LogP contribution in [0.2, 0.25) is 0 Å². The van der Waals surface area contributed by atoms with E-state index < -0.39 is 16.0 Å². The Morgan fingerprint density at radius 3 is 2.65 bits per heavy atom. The Kier molecular flexibility index (Phi) is 4.18.